The highest BCUT2D eigenvalue weighted by molar-refractivity contribution is 5.80. The molecule has 0 saturated carbocycles. The van der Waals surface area contributed by atoms with E-state index >= 15 is 0 Å². The Hall–Kier alpha value is -3.22. The van der Waals surface area contributed by atoms with Crippen molar-refractivity contribution < 1.29 is 14.3 Å². The number of aromatic nitrogens is 2. The summed E-state index contributed by atoms with van der Waals surface area (Å²) in [6, 6.07) is 13.1. The number of aromatic amines is 1. The van der Waals surface area contributed by atoms with Crippen LogP contribution in [0.25, 0.3) is 11.0 Å². The number of nitrogens with zero attached hydrogens (tertiary/aromatic N) is 2. The second-order valence-electron chi connectivity index (χ2n) is 5.63. The van der Waals surface area contributed by atoms with Gasteiger partial charge < -0.3 is 19.3 Å². The van der Waals surface area contributed by atoms with Gasteiger partial charge in [0.15, 0.2) is 11.5 Å². The van der Waals surface area contributed by atoms with Gasteiger partial charge in [-0.2, -0.15) is 0 Å². The van der Waals surface area contributed by atoms with Crippen LogP contribution in [0.1, 0.15) is 12.0 Å². The van der Waals surface area contributed by atoms with Crippen molar-refractivity contribution >= 4 is 17.2 Å². The molecule has 0 spiro atoms. The first-order valence-corrected chi connectivity index (χ1v) is 8.28. The lowest BCUT2D eigenvalue weighted by molar-refractivity contribution is 0.140. The van der Waals surface area contributed by atoms with Gasteiger partial charge in [-0.05, 0) is 30.3 Å². The molecule has 26 heavy (non-hydrogen) atoms. The zero-order valence-electron chi connectivity index (χ0n) is 14.8. The van der Waals surface area contributed by atoms with Gasteiger partial charge in [0, 0.05) is 18.5 Å². The highest BCUT2D eigenvalue weighted by Gasteiger charge is 2.05. The van der Waals surface area contributed by atoms with Crippen LogP contribution in [0.5, 0.6) is 11.5 Å². The van der Waals surface area contributed by atoms with Crippen LogP contribution < -0.4 is 15.2 Å². The van der Waals surface area contributed by atoms with E-state index in [4.69, 9.17) is 14.3 Å². The van der Waals surface area contributed by atoms with Crippen molar-refractivity contribution in [2.75, 3.05) is 20.8 Å². The molecule has 0 atom stereocenters. The highest BCUT2D eigenvalue weighted by Crippen LogP contribution is 2.26. The van der Waals surface area contributed by atoms with E-state index in [1.165, 1.54) is 0 Å². The molecule has 0 amide bonds. The van der Waals surface area contributed by atoms with Crippen molar-refractivity contribution in [2.24, 2.45) is 5.16 Å². The molecule has 7 heteroatoms. The Kier molecular flexibility index (Phi) is 5.58. The SMILES string of the molecule is COc1ccc(/C=N\OCCCn2c(=O)[nH]c3ccccc32)cc1OC. The number of benzene rings is 2. The number of rotatable bonds is 8. The van der Waals surface area contributed by atoms with Gasteiger partial charge in [0.05, 0.1) is 31.5 Å². The van der Waals surface area contributed by atoms with Gasteiger partial charge in [-0.15, -0.1) is 0 Å². The lowest BCUT2D eigenvalue weighted by atomic mass is 10.2. The number of aryl methyl sites for hydroxylation is 1. The molecule has 2 aromatic carbocycles. The number of fused-ring (bicyclic) bond motifs is 1. The van der Waals surface area contributed by atoms with Crippen LogP contribution in [0.2, 0.25) is 0 Å². The fraction of sp³-hybridized carbons (Fsp3) is 0.263. The molecule has 7 nitrogen and oxygen atoms in total. The lowest BCUT2D eigenvalue weighted by Crippen LogP contribution is -2.17. The minimum atomic E-state index is -0.111. The first kappa shape index (κ1) is 17.6. The number of hydrogen-bond donors (Lipinski definition) is 1. The largest absolute Gasteiger partial charge is 0.493 e. The summed E-state index contributed by atoms with van der Waals surface area (Å²) >= 11 is 0. The molecule has 0 aliphatic rings. The van der Waals surface area contributed by atoms with E-state index < -0.39 is 0 Å². The molecule has 3 aromatic rings. The number of ether oxygens (including phenoxy) is 2. The highest BCUT2D eigenvalue weighted by atomic mass is 16.6. The maximum Gasteiger partial charge on any atom is 0.326 e. The van der Waals surface area contributed by atoms with E-state index in [1.54, 1.807) is 25.0 Å². The molecule has 3 rings (SSSR count). The Labute approximate surface area is 150 Å². The molecular formula is C19H21N3O4. The van der Waals surface area contributed by atoms with Crippen molar-refractivity contribution in [2.45, 2.75) is 13.0 Å². The third-order valence-electron chi connectivity index (χ3n) is 3.98. The number of para-hydroxylation sites is 2. The van der Waals surface area contributed by atoms with E-state index in [0.717, 1.165) is 16.6 Å². The first-order valence-electron chi connectivity index (χ1n) is 8.28. The molecule has 136 valence electrons. The van der Waals surface area contributed by atoms with Crippen LogP contribution in [0.4, 0.5) is 0 Å². The zero-order valence-corrected chi connectivity index (χ0v) is 14.8. The summed E-state index contributed by atoms with van der Waals surface area (Å²) < 4.78 is 12.1. The molecular weight excluding hydrogens is 334 g/mol. The van der Waals surface area contributed by atoms with Crippen LogP contribution in [0.3, 0.4) is 0 Å². The average Bonchev–Trinajstić information content (AvgIpc) is 2.99. The smallest absolute Gasteiger partial charge is 0.326 e. The average molecular weight is 355 g/mol. The van der Waals surface area contributed by atoms with E-state index in [0.29, 0.717) is 31.1 Å². The van der Waals surface area contributed by atoms with Crippen molar-refractivity contribution in [3.05, 3.63) is 58.5 Å². The Bertz CT molecular complexity index is 959. The van der Waals surface area contributed by atoms with Crippen LogP contribution >= 0.6 is 0 Å². The Morgan fingerprint density at radius 2 is 1.92 bits per heavy atom. The van der Waals surface area contributed by atoms with E-state index in [2.05, 4.69) is 10.1 Å². The monoisotopic (exact) mass is 355 g/mol. The molecule has 0 radical (unpaired) electrons. The van der Waals surface area contributed by atoms with E-state index in [-0.39, 0.29) is 5.69 Å². The number of oxime groups is 1. The molecule has 0 unspecified atom stereocenters. The maximum atomic E-state index is 12.0. The van der Waals surface area contributed by atoms with Gasteiger partial charge in [-0.3, -0.25) is 4.57 Å². The van der Waals surface area contributed by atoms with Crippen molar-refractivity contribution in [1.29, 1.82) is 0 Å². The standard InChI is InChI=1S/C19H21N3O4/c1-24-17-9-8-14(12-18(17)25-2)13-20-26-11-5-10-22-16-7-4-3-6-15(16)21-19(22)23/h3-4,6-9,12-13H,5,10-11H2,1-2H3,(H,21,23)/b20-13-. The maximum absolute atomic E-state index is 12.0. The number of methoxy groups -OCH3 is 2. The summed E-state index contributed by atoms with van der Waals surface area (Å²) in [6.45, 7) is 0.977. The summed E-state index contributed by atoms with van der Waals surface area (Å²) in [4.78, 5) is 20.1. The molecule has 0 bridgehead atoms. The molecule has 1 heterocycles. The van der Waals surface area contributed by atoms with Crippen LogP contribution in [0, 0.1) is 0 Å². The predicted molar refractivity (Wildman–Crippen MR) is 100 cm³/mol. The molecule has 1 aromatic heterocycles. The second kappa shape index (κ2) is 8.24. The summed E-state index contributed by atoms with van der Waals surface area (Å²) in [6.07, 6.45) is 2.28. The molecule has 1 N–H and O–H groups in total. The minimum Gasteiger partial charge on any atom is -0.493 e. The number of imidazole rings is 1. The van der Waals surface area contributed by atoms with E-state index in [9.17, 15) is 4.79 Å². The normalized spacial score (nSPS) is 11.2. The minimum absolute atomic E-state index is 0.111. The predicted octanol–water partition coefficient (Wildman–Crippen LogP) is 2.79. The topological polar surface area (TPSA) is 77.8 Å². The first-order chi connectivity index (χ1) is 12.7. The molecule has 0 aliphatic heterocycles. The Morgan fingerprint density at radius 3 is 2.73 bits per heavy atom. The van der Waals surface area contributed by atoms with Crippen molar-refractivity contribution in [3.8, 4) is 11.5 Å². The van der Waals surface area contributed by atoms with Gasteiger partial charge in [0.2, 0.25) is 0 Å². The zero-order chi connectivity index (χ0) is 18.4. The van der Waals surface area contributed by atoms with Gasteiger partial charge in [0.25, 0.3) is 0 Å². The Morgan fingerprint density at radius 1 is 1.12 bits per heavy atom. The van der Waals surface area contributed by atoms with Crippen LogP contribution in [0.15, 0.2) is 52.4 Å². The fourth-order valence-electron chi connectivity index (χ4n) is 2.70. The molecule has 0 saturated heterocycles. The van der Waals surface area contributed by atoms with E-state index in [1.807, 2.05) is 42.5 Å². The number of hydrogen-bond acceptors (Lipinski definition) is 5. The van der Waals surface area contributed by atoms with Crippen molar-refractivity contribution in [3.63, 3.8) is 0 Å². The summed E-state index contributed by atoms with van der Waals surface area (Å²) in [7, 11) is 3.18. The number of nitrogens with one attached hydrogen (secondary N) is 1. The van der Waals surface area contributed by atoms with Gasteiger partial charge in [-0.1, -0.05) is 17.3 Å². The van der Waals surface area contributed by atoms with Gasteiger partial charge in [-0.25, -0.2) is 4.79 Å². The van der Waals surface area contributed by atoms with Crippen LogP contribution in [-0.4, -0.2) is 36.6 Å². The van der Waals surface area contributed by atoms with Gasteiger partial charge >= 0.3 is 5.69 Å². The summed E-state index contributed by atoms with van der Waals surface area (Å²) in [5.41, 5.74) is 2.46. The third-order valence-corrected chi connectivity index (χ3v) is 3.98. The number of H-pyrrole nitrogens is 1. The molecule has 0 fully saturated rings. The third kappa shape index (κ3) is 3.88. The van der Waals surface area contributed by atoms with Crippen molar-refractivity contribution in [1.82, 2.24) is 9.55 Å². The van der Waals surface area contributed by atoms with Crippen LogP contribution in [-0.2, 0) is 11.4 Å². The summed E-state index contributed by atoms with van der Waals surface area (Å²) in [5.74, 6) is 1.30. The lowest BCUT2D eigenvalue weighted by Gasteiger charge is -2.07. The quantitative estimate of drug-likeness (QED) is 0.383. The fourth-order valence-corrected chi connectivity index (χ4v) is 2.70. The molecule has 0 aliphatic carbocycles. The summed E-state index contributed by atoms with van der Waals surface area (Å²) in [5, 5.41) is 3.96. The van der Waals surface area contributed by atoms with Gasteiger partial charge in [0.1, 0.15) is 6.61 Å². The second-order valence-corrected chi connectivity index (χ2v) is 5.63. The Balaban J connectivity index is 1.52.